The normalized spacial score (nSPS) is 13.6. The van der Waals surface area contributed by atoms with Crippen LogP contribution in [0, 0.1) is 0 Å². The van der Waals surface area contributed by atoms with Crippen LogP contribution in [0.1, 0.15) is 5.56 Å². The van der Waals surface area contributed by atoms with E-state index in [0.717, 1.165) is 15.6 Å². The number of aromatic amines is 1. The lowest BCUT2D eigenvalue weighted by Gasteiger charge is -2.28. The molecule has 5 aromatic rings. The van der Waals surface area contributed by atoms with E-state index in [4.69, 9.17) is 24.3 Å². The van der Waals surface area contributed by atoms with Gasteiger partial charge in [0.25, 0.3) is 5.56 Å². The van der Waals surface area contributed by atoms with E-state index < -0.39 is 38.5 Å². The van der Waals surface area contributed by atoms with Crippen LogP contribution in [-0.2, 0) is 36.7 Å². The van der Waals surface area contributed by atoms with Gasteiger partial charge in [-0.1, -0.05) is 66.7 Å². The van der Waals surface area contributed by atoms with Crippen molar-refractivity contribution in [3.63, 3.8) is 0 Å². The Morgan fingerprint density at radius 3 is 2.66 bits per heavy atom. The third-order valence-corrected chi connectivity index (χ3v) is 8.43. The molecule has 230 valence electrons. The number of benzene rings is 3. The molecule has 14 nitrogen and oxygen atoms in total. The molecule has 2 heterocycles. The molecule has 44 heavy (non-hydrogen) atoms. The number of hydrogen-bond acceptors (Lipinski definition) is 11. The van der Waals surface area contributed by atoms with Crippen LogP contribution in [-0.4, -0.2) is 68.2 Å². The third kappa shape index (κ3) is 7.30. The van der Waals surface area contributed by atoms with Gasteiger partial charge in [0.1, 0.15) is 31.7 Å². The largest absolute Gasteiger partial charge is 0.461 e. The van der Waals surface area contributed by atoms with Crippen molar-refractivity contribution >= 4 is 41.6 Å². The van der Waals surface area contributed by atoms with Crippen molar-refractivity contribution in [1.29, 1.82) is 0 Å². The van der Waals surface area contributed by atoms with Crippen LogP contribution >= 0.6 is 7.75 Å². The van der Waals surface area contributed by atoms with Crippen molar-refractivity contribution in [3.05, 3.63) is 95.0 Å². The van der Waals surface area contributed by atoms with E-state index >= 15 is 0 Å². The second-order valence-corrected chi connectivity index (χ2v) is 11.8. The summed E-state index contributed by atoms with van der Waals surface area (Å²) in [6, 6.07) is 21.8. The number of aliphatic hydroxyl groups excluding tert-OH is 1. The number of nitrogens with zero attached hydrogens (tertiary/aromatic N) is 4. The molecule has 3 aromatic carbocycles. The van der Waals surface area contributed by atoms with Crippen LogP contribution in [0.15, 0.2) is 83.9 Å². The Balaban J connectivity index is 1.31. The van der Waals surface area contributed by atoms with Crippen LogP contribution in [0.3, 0.4) is 0 Å². The van der Waals surface area contributed by atoms with Crippen LogP contribution in [0.5, 0.6) is 5.75 Å². The molecule has 0 bridgehead atoms. The van der Waals surface area contributed by atoms with Crippen LogP contribution < -0.4 is 15.8 Å². The number of aliphatic hydroxyl groups is 1. The number of fused-ring (bicyclic) bond motifs is 2. The summed E-state index contributed by atoms with van der Waals surface area (Å²) in [5.41, 5.74) is 6.18. The van der Waals surface area contributed by atoms with E-state index in [9.17, 15) is 19.3 Å². The predicted octanol–water partition coefficient (Wildman–Crippen LogP) is 3.07. The molecule has 0 saturated carbocycles. The maximum Gasteiger partial charge on any atom is 0.461 e. The van der Waals surface area contributed by atoms with E-state index in [1.807, 2.05) is 60.7 Å². The minimum Gasteiger partial charge on any atom is -0.460 e. The zero-order chi connectivity index (χ0) is 31.1. The molecular formula is C29H31N6O8P. The van der Waals surface area contributed by atoms with Gasteiger partial charge >= 0.3 is 13.7 Å². The minimum absolute atomic E-state index is 0.0403. The summed E-state index contributed by atoms with van der Waals surface area (Å²) in [4.78, 5) is 35.2. The Labute approximate surface area is 251 Å². The van der Waals surface area contributed by atoms with Gasteiger partial charge in [-0.2, -0.15) is 9.65 Å². The molecular weight excluding hydrogens is 591 g/mol. The van der Waals surface area contributed by atoms with Crippen molar-refractivity contribution in [3.8, 4) is 5.75 Å². The second kappa shape index (κ2) is 13.8. The Hall–Kier alpha value is -4.59. The molecule has 2 unspecified atom stereocenters. The molecule has 0 aliphatic carbocycles. The van der Waals surface area contributed by atoms with E-state index in [1.54, 1.807) is 12.1 Å². The molecule has 2 atom stereocenters. The summed E-state index contributed by atoms with van der Waals surface area (Å²) in [5.74, 6) is -0.468. The summed E-state index contributed by atoms with van der Waals surface area (Å²) < 4.78 is 39.8. The maximum atomic E-state index is 14.3. The number of H-pyrrole nitrogens is 1. The lowest BCUT2D eigenvalue weighted by atomic mass is 10.1. The van der Waals surface area contributed by atoms with Gasteiger partial charge in [0.2, 0.25) is 5.95 Å². The van der Waals surface area contributed by atoms with Gasteiger partial charge < -0.3 is 24.8 Å². The lowest BCUT2D eigenvalue weighted by molar-refractivity contribution is -0.145. The number of carbonyl (C=O) groups is 1. The number of hydrogen-bond donors (Lipinski definition) is 3. The fourth-order valence-electron chi connectivity index (χ4n) is 4.23. The monoisotopic (exact) mass is 622 g/mol. The van der Waals surface area contributed by atoms with Gasteiger partial charge in [-0.05, 0) is 24.1 Å². The van der Waals surface area contributed by atoms with Crippen molar-refractivity contribution in [2.24, 2.45) is 0 Å². The summed E-state index contributed by atoms with van der Waals surface area (Å²) in [7, 11) is -2.83. The highest BCUT2D eigenvalue weighted by atomic mass is 31.2. The number of nitrogens with two attached hydrogens (primary N) is 1. The zero-order valence-electron chi connectivity index (χ0n) is 23.7. The van der Waals surface area contributed by atoms with Gasteiger partial charge in [-0.3, -0.25) is 23.7 Å². The quantitative estimate of drug-likeness (QED) is 0.122. The Kier molecular flexibility index (Phi) is 9.68. The molecule has 0 fully saturated rings. The molecule has 15 heteroatoms. The van der Waals surface area contributed by atoms with E-state index in [-0.39, 0.29) is 42.8 Å². The summed E-state index contributed by atoms with van der Waals surface area (Å²) in [5, 5.41) is 11.5. The Morgan fingerprint density at radius 1 is 1.11 bits per heavy atom. The third-order valence-electron chi connectivity index (χ3n) is 6.55. The van der Waals surface area contributed by atoms with Crippen LogP contribution in [0.2, 0.25) is 0 Å². The van der Waals surface area contributed by atoms with Gasteiger partial charge in [0.05, 0.1) is 19.5 Å². The summed E-state index contributed by atoms with van der Waals surface area (Å²) in [6.45, 7) is -1.46. The van der Waals surface area contributed by atoms with Gasteiger partial charge in [-0.25, -0.2) is 9.55 Å². The average Bonchev–Trinajstić information content (AvgIpc) is 3.43. The first-order chi connectivity index (χ1) is 21.3. The fourth-order valence-corrected chi connectivity index (χ4v) is 5.67. The number of rotatable bonds is 14. The number of imidazole rings is 1. The lowest BCUT2D eigenvalue weighted by Crippen LogP contribution is -2.31. The number of anilines is 1. The molecule has 0 aliphatic heterocycles. The van der Waals surface area contributed by atoms with Gasteiger partial charge in [0.15, 0.2) is 11.2 Å². The van der Waals surface area contributed by atoms with Crippen LogP contribution in [0.4, 0.5) is 5.95 Å². The highest BCUT2D eigenvalue weighted by Crippen LogP contribution is 2.52. The van der Waals surface area contributed by atoms with E-state index in [2.05, 4.69) is 15.0 Å². The number of ether oxygens (including phenoxy) is 2. The molecule has 5 rings (SSSR count). The first kappa shape index (κ1) is 30.9. The molecule has 0 aliphatic rings. The Morgan fingerprint density at radius 2 is 1.86 bits per heavy atom. The zero-order valence-corrected chi connectivity index (χ0v) is 24.6. The van der Waals surface area contributed by atoms with Crippen molar-refractivity contribution in [2.45, 2.75) is 19.4 Å². The number of nitrogen functional groups attached to an aromatic ring is 1. The number of nitrogens with one attached hydrogen (secondary N) is 1. The van der Waals surface area contributed by atoms with Crippen molar-refractivity contribution < 1.29 is 33.0 Å². The fraction of sp³-hybridized carbons (Fsp3) is 0.241. The molecule has 0 spiro atoms. The van der Waals surface area contributed by atoms with Crippen molar-refractivity contribution in [2.75, 3.05) is 32.5 Å². The SMILES string of the molecule is CN(CC(=O)OCc1ccccc1)P(=O)(OCC(CO)OCn1cnc2c(=O)[nH]c(N)nc21)Oc1cccc2ccccc12. The van der Waals surface area contributed by atoms with Gasteiger partial charge in [-0.15, -0.1) is 0 Å². The first-order valence-corrected chi connectivity index (χ1v) is 15.0. The second-order valence-electron chi connectivity index (χ2n) is 9.73. The van der Waals surface area contributed by atoms with Gasteiger partial charge in [0, 0.05) is 5.39 Å². The first-order valence-electron chi connectivity index (χ1n) is 13.5. The average molecular weight is 623 g/mol. The standard InChI is InChI=1S/C29H31N6O8P/c1-34(14-25(37)40-16-20-8-3-2-4-9-20)44(39,43-24-13-7-11-21-10-5-6-12-23(21)24)42-17-22(15-36)41-19-35-18-31-26-27(35)32-29(30)33-28(26)38/h2-13,18,22,36H,14-17,19H2,1H3,(H3,30,32,33,38). The maximum absolute atomic E-state index is 14.3. The number of aromatic nitrogens is 4. The van der Waals surface area contributed by atoms with Crippen molar-refractivity contribution in [1.82, 2.24) is 24.2 Å². The van der Waals surface area contributed by atoms with E-state index in [0.29, 0.717) is 5.39 Å². The number of carbonyl (C=O) groups excluding carboxylic acids is 1. The molecule has 0 saturated heterocycles. The molecule has 4 N–H and O–H groups in total. The smallest absolute Gasteiger partial charge is 0.460 e. The molecule has 0 amide bonds. The summed E-state index contributed by atoms with van der Waals surface area (Å²) in [6.07, 6.45) is 0.347. The highest BCUT2D eigenvalue weighted by molar-refractivity contribution is 7.51. The number of esters is 1. The Bertz CT molecular complexity index is 1840. The topological polar surface area (TPSA) is 184 Å². The van der Waals surface area contributed by atoms with Crippen LogP contribution in [0.25, 0.3) is 21.9 Å². The highest BCUT2D eigenvalue weighted by Gasteiger charge is 2.36. The number of likely N-dealkylation sites (N-methyl/N-ethyl adjacent to an activating group) is 1. The molecule has 0 radical (unpaired) electrons. The predicted molar refractivity (Wildman–Crippen MR) is 162 cm³/mol. The summed E-state index contributed by atoms with van der Waals surface area (Å²) >= 11 is 0. The van der Waals surface area contributed by atoms with E-state index in [1.165, 1.54) is 17.9 Å². The minimum atomic E-state index is -4.24. The molecule has 2 aromatic heterocycles.